The maximum absolute atomic E-state index is 8.41. The first-order valence-electron chi connectivity index (χ1n) is 3.17. The third kappa shape index (κ3) is 4.22. The Bertz CT molecular complexity index is 217. The molecule has 2 heteroatoms. The Labute approximate surface area is 88.2 Å². The summed E-state index contributed by atoms with van der Waals surface area (Å²) in [6.07, 6.45) is 4.51. The van der Waals surface area contributed by atoms with Gasteiger partial charge in [0.25, 0.3) is 0 Å². The Balaban J connectivity index is -0.000000125. The fraction of sp³-hybridized carbons (Fsp3) is 0.111. The van der Waals surface area contributed by atoms with Crippen LogP contribution in [0.2, 0.25) is 0 Å². The molecular weight excluding hydrogens is 243 g/mol. The van der Waals surface area contributed by atoms with E-state index < -0.39 is 0 Å². The van der Waals surface area contributed by atoms with Crippen LogP contribution in [0.4, 0.5) is 0 Å². The van der Waals surface area contributed by atoms with Crippen molar-refractivity contribution in [2.75, 3.05) is 6.61 Å². The minimum absolute atomic E-state index is 0. The van der Waals surface area contributed by atoms with Gasteiger partial charge in [-0.2, -0.15) is 0 Å². The summed E-state index contributed by atoms with van der Waals surface area (Å²) in [6.45, 7) is 0.0505. The molecule has 0 aromatic heterocycles. The van der Waals surface area contributed by atoms with Gasteiger partial charge in [-0.25, -0.2) is 0 Å². The molecule has 0 aliphatic heterocycles. The monoisotopic (exact) mass is 259 g/mol. The van der Waals surface area contributed by atoms with Crippen LogP contribution in [0.3, 0.4) is 0 Å². The van der Waals surface area contributed by atoms with Crippen LogP contribution in [0.15, 0.2) is 36.4 Å². The molecule has 0 saturated heterocycles. The summed E-state index contributed by atoms with van der Waals surface area (Å²) in [5, 5.41) is 8.41. The van der Waals surface area contributed by atoms with Crippen molar-refractivity contribution in [3.63, 3.8) is 0 Å². The van der Waals surface area contributed by atoms with Gasteiger partial charge in [-0.1, -0.05) is 36.4 Å². The van der Waals surface area contributed by atoms with E-state index >= 15 is 0 Å². The smallest absolute Gasteiger partial charge is 0.0621 e. The van der Waals surface area contributed by atoms with Crippen LogP contribution in [0, 0.1) is 6.08 Å². The molecule has 0 unspecified atom stereocenters. The third-order valence-electron chi connectivity index (χ3n) is 1.13. The first-order valence-corrected chi connectivity index (χ1v) is 3.17. The van der Waals surface area contributed by atoms with E-state index in [1.165, 1.54) is 0 Å². The molecule has 1 rings (SSSR count). The second-order valence-corrected chi connectivity index (χ2v) is 1.90. The molecule has 0 heterocycles. The Kier molecular flexibility index (Phi) is 6.27. The molecule has 0 atom stereocenters. The van der Waals surface area contributed by atoms with Crippen LogP contribution < -0.4 is 0 Å². The summed E-state index contributed by atoms with van der Waals surface area (Å²) >= 11 is 0. The van der Waals surface area contributed by atoms with Crippen molar-refractivity contribution in [1.29, 1.82) is 0 Å². The molecule has 1 aromatic rings. The Morgan fingerprint density at radius 2 is 2.00 bits per heavy atom. The van der Waals surface area contributed by atoms with Crippen LogP contribution >= 0.6 is 0 Å². The number of rotatable bonds is 2. The molecule has 0 saturated carbocycles. The first-order chi connectivity index (χ1) is 4.93. The average molecular weight is 258 g/mol. The molecule has 11 heavy (non-hydrogen) atoms. The second kappa shape index (κ2) is 6.43. The van der Waals surface area contributed by atoms with Gasteiger partial charge in [-0.3, -0.25) is 0 Å². The zero-order valence-corrected chi connectivity index (χ0v) is 8.97. The van der Waals surface area contributed by atoms with E-state index in [2.05, 4.69) is 6.08 Å². The van der Waals surface area contributed by atoms with Crippen LogP contribution in [0.1, 0.15) is 9.84 Å². The minimum Gasteiger partial charge on any atom is -0.392 e. The molecule has 1 nitrogen and oxygen atoms in total. The summed E-state index contributed by atoms with van der Waals surface area (Å²) in [6, 6.07) is 9.70. The van der Waals surface area contributed by atoms with Crippen molar-refractivity contribution in [3.8, 4) is 0 Å². The van der Waals surface area contributed by atoms with Gasteiger partial charge in [0, 0.05) is 28.2 Å². The van der Waals surface area contributed by atoms with Crippen molar-refractivity contribution >= 4 is 23.9 Å². The number of benzene rings is 1. The van der Waals surface area contributed by atoms with Gasteiger partial charge in [0.05, 0.1) is 6.61 Å². The van der Waals surface area contributed by atoms with E-state index in [4.69, 9.17) is 5.11 Å². The van der Waals surface area contributed by atoms with E-state index in [9.17, 15) is 0 Å². The van der Waals surface area contributed by atoms with Gasteiger partial charge in [-0.15, -0.1) is 0 Å². The van der Waals surface area contributed by atoms with Crippen molar-refractivity contribution < 1.29 is 9.39 Å². The fourth-order valence-corrected chi connectivity index (χ4v) is 0.698. The third-order valence-corrected chi connectivity index (χ3v) is 1.13. The quantitative estimate of drug-likeness (QED) is 0.801. The van der Waals surface area contributed by atoms with Crippen LogP contribution in [-0.2, 0) is 0 Å². The van der Waals surface area contributed by atoms with Crippen molar-refractivity contribution in [2.24, 2.45) is 0 Å². The number of aliphatic hydroxyl groups is 1. The van der Waals surface area contributed by atoms with E-state index in [1.807, 2.05) is 30.3 Å². The molecule has 0 aliphatic rings. The molecular formula is C9H15OSn. The molecule has 0 aliphatic carbocycles. The van der Waals surface area contributed by atoms with Crippen LogP contribution in [0.5, 0.6) is 0 Å². The van der Waals surface area contributed by atoms with Gasteiger partial charge >= 0.3 is 0 Å². The Morgan fingerprint density at radius 3 is 2.55 bits per heavy atom. The zero-order valence-electron chi connectivity index (χ0n) is 6.12. The summed E-state index contributed by atoms with van der Waals surface area (Å²) < 4.78 is 0. The average Bonchev–Trinajstić information content (AvgIpc) is 2.03. The molecule has 0 spiro atoms. The van der Waals surface area contributed by atoms with Gasteiger partial charge in [0.2, 0.25) is 0 Å². The second-order valence-electron chi connectivity index (χ2n) is 1.90. The maximum atomic E-state index is 8.41. The molecule has 1 aromatic carbocycles. The van der Waals surface area contributed by atoms with Crippen LogP contribution in [-0.4, -0.2) is 35.6 Å². The molecule has 1 N–H and O–H groups in total. The molecule has 0 amide bonds. The molecule has 61 valence electrons. The molecule has 0 bridgehead atoms. The summed E-state index contributed by atoms with van der Waals surface area (Å²) in [4.78, 5) is 0. The SMILES string of the molecule is OCC=[C]c1ccccc1.[HH].[HH].[HH].[Sn]. The predicted molar refractivity (Wildman–Crippen MR) is 52.5 cm³/mol. The summed E-state index contributed by atoms with van der Waals surface area (Å²) in [5.41, 5.74) is 0.997. The molecule has 0 fully saturated rings. The standard InChI is InChI=1S/C9H9O.Sn.3H2/c10-8-4-7-9-5-2-1-3-6-9;;;;/h1-6,10H,8H2;;3*1H. The molecule has 5 radical (unpaired) electrons. The largest absolute Gasteiger partial charge is 0.392 e. The van der Waals surface area contributed by atoms with E-state index in [-0.39, 0.29) is 34.8 Å². The van der Waals surface area contributed by atoms with Crippen LogP contribution in [0.25, 0.3) is 0 Å². The normalized spacial score (nSPS) is 9.55. The zero-order chi connectivity index (χ0) is 7.23. The Hall–Kier alpha value is -0.281. The number of aliphatic hydroxyl groups excluding tert-OH is 1. The van der Waals surface area contributed by atoms with E-state index in [0.717, 1.165) is 5.56 Å². The maximum Gasteiger partial charge on any atom is 0.0621 e. The van der Waals surface area contributed by atoms with Gasteiger partial charge in [-0.05, 0) is 11.6 Å². The van der Waals surface area contributed by atoms with E-state index in [1.54, 1.807) is 6.08 Å². The fourth-order valence-electron chi connectivity index (χ4n) is 0.698. The van der Waals surface area contributed by atoms with Crippen molar-refractivity contribution in [3.05, 3.63) is 48.0 Å². The Morgan fingerprint density at radius 1 is 1.36 bits per heavy atom. The van der Waals surface area contributed by atoms with Gasteiger partial charge < -0.3 is 5.11 Å². The number of hydrogen-bond donors (Lipinski definition) is 1. The van der Waals surface area contributed by atoms with Crippen molar-refractivity contribution in [2.45, 2.75) is 0 Å². The summed E-state index contributed by atoms with van der Waals surface area (Å²) in [7, 11) is 0. The van der Waals surface area contributed by atoms with Gasteiger partial charge in [0.1, 0.15) is 0 Å². The number of hydrogen-bond acceptors (Lipinski definition) is 1. The minimum atomic E-state index is 0. The predicted octanol–water partition coefficient (Wildman–Crippen LogP) is 1.74. The van der Waals surface area contributed by atoms with E-state index in [0.29, 0.717) is 0 Å². The van der Waals surface area contributed by atoms with Gasteiger partial charge in [0.15, 0.2) is 0 Å². The summed E-state index contributed by atoms with van der Waals surface area (Å²) in [5.74, 6) is 0. The first kappa shape index (κ1) is 10.7. The topological polar surface area (TPSA) is 20.2 Å². The van der Waals surface area contributed by atoms with Crippen molar-refractivity contribution in [1.82, 2.24) is 0 Å².